The van der Waals surface area contributed by atoms with Gasteiger partial charge in [-0.25, -0.2) is 8.78 Å². The fourth-order valence-electron chi connectivity index (χ4n) is 2.97. The Bertz CT molecular complexity index is 827. The zero-order chi connectivity index (χ0) is 18.7. The number of carbonyl (C=O) groups excluding carboxylic acids is 2. The number of hydrogen-bond donors (Lipinski definition) is 3. The molecular weight excluding hydrogens is 376 g/mol. The molecular formula is C19H20ClF2N3O2. The Morgan fingerprint density at radius 3 is 2.41 bits per heavy atom. The average molecular weight is 396 g/mol. The number of anilines is 1. The van der Waals surface area contributed by atoms with Crippen molar-refractivity contribution in [3.8, 4) is 0 Å². The number of hydrogen-bond acceptors (Lipinski definition) is 3. The van der Waals surface area contributed by atoms with Crippen molar-refractivity contribution < 1.29 is 18.4 Å². The van der Waals surface area contributed by atoms with Crippen LogP contribution >= 0.6 is 12.4 Å². The molecule has 1 aliphatic rings. The third-order valence-corrected chi connectivity index (χ3v) is 4.36. The van der Waals surface area contributed by atoms with Gasteiger partial charge in [0.05, 0.1) is 11.3 Å². The first-order valence-electron chi connectivity index (χ1n) is 8.35. The molecule has 2 atom stereocenters. The highest BCUT2D eigenvalue weighted by Gasteiger charge is 2.46. The normalized spacial score (nSPS) is 17.6. The quantitative estimate of drug-likeness (QED) is 0.703. The van der Waals surface area contributed by atoms with E-state index < -0.39 is 23.5 Å². The number of rotatable bonds is 6. The Morgan fingerprint density at radius 2 is 1.74 bits per heavy atom. The van der Waals surface area contributed by atoms with Gasteiger partial charge in [-0.05, 0) is 30.7 Å². The molecule has 2 unspecified atom stereocenters. The van der Waals surface area contributed by atoms with E-state index in [-0.39, 0.29) is 29.8 Å². The molecule has 5 nitrogen and oxygen atoms in total. The Hall–Kier alpha value is -2.51. The molecule has 0 heterocycles. The minimum atomic E-state index is -0.646. The van der Waals surface area contributed by atoms with E-state index in [2.05, 4.69) is 10.6 Å². The van der Waals surface area contributed by atoms with Gasteiger partial charge in [0.1, 0.15) is 11.6 Å². The van der Waals surface area contributed by atoms with E-state index in [0.29, 0.717) is 30.8 Å². The largest absolute Gasteiger partial charge is 0.351 e. The van der Waals surface area contributed by atoms with Crippen molar-refractivity contribution in [1.82, 2.24) is 5.32 Å². The summed E-state index contributed by atoms with van der Waals surface area (Å²) in [5.74, 6) is -3.02. The predicted molar refractivity (Wildman–Crippen MR) is 101 cm³/mol. The molecule has 0 radical (unpaired) electrons. The standard InChI is InChI=1S/C19H19F2N3O2.ClH/c20-14-5-3-6-15(21)17(14)12-10-13(12)19(26)24-16-7-2-1-4-11(16)18(25)23-9-8-22;/h1-7,12-13H,8-10,22H2,(H,23,25)(H,24,26);1H. The molecule has 27 heavy (non-hydrogen) atoms. The molecule has 0 aromatic heterocycles. The van der Waals surface area contributed by atoms with E-state index in [1.54, 1.807) is 24.3 Å². The molecule has 3 rings (SSSR count). The molecule has 4 N–H and O–H groups in total. The summed E-state index contributed by atoms with van der Waals surface area (Å²) >= 11 is 0. The van der Waals surface area contributed by atoms with Crippen LogP contribution in [0.2, 0.25) is 0 Å². The molecule has 1 aliphatic carbocycles. The van der Waals surface area contributed by atoms with Gasteiger partial charge in [0.15, 0.2) is 0 Å². The fraction of sp³-hybridized carbons (Fsp3) is 0.263. The first-order chi connectivity index (χ1) is 12.5. The van der Waals surface area contributed by atoms with E-state index in [9.17, 15) is 18.4 Å². The molecule has 0 spiro atoms. The molecule has 0 bridgehead atoms. The van der Waals surface area contributed by atoms with Crippen LogP contribution in [0.4, 0.5) is 14.5 Å². The number of para-hydroxylation sites is 1. The van der Waals surface area contributed by atoms with Gasteiger partial charge in [-0.2, -0.15) is 0 Å². The summed E-state index contributed by atoms with van der Waals surface area (Å²) in [4.78, 5) is 24.6. The van der Waals surface area contributed by atoms with Crippen molar-refractivity contribution >= 4 is 29.9 Å². The second-order valence-corrected chi connectivity index (χ2v) is 6.16. The van der Waals surface area contributed by atoms with Crippen LogP contribution in [0.1, 0.15) is 28.3 Å². The Labute approximate surface area is 161 Å². The summed E-state index contributed by atoms with van der Waals surface area (Å²) < 4.78 is 27.7. The topological polar surface area (TPSA) is 84.2 Å². The van der Waals surface area contributed by atoms with Crippen molar-refractivity contribution in [3.05, 3.63) is 65.2 Å². The molecule has 0 aliphatic heterocycles. The minimum absolute atomic E-state index is 0. The van der Waals surface area contributed by atoms with Gasteiger partial charge in [0.2, 0.25) is 5.91 Å². The Morgan fingerprint density at radius 1 is 1.07 bits per heavy atom. The number of nitrogens with two attached hydrogens (primary N) is 1. The lowest BCUT2D eigenvalue weighted by Gasteiger charge is -2.11. The first-order valence-corrected chi connectivity index (χ1v) is 8.35. The first kappa shape index (κ1) is 20.8. The van der Waals surface area contributed by atoms with Crippen molar-refractivity contribution in [2.75, 3.05) is 18.4 Å². The van der Waals surface area contributed by atoms with E-state index in [1.807, 2.05) is 0 Å². The summed E-state index contributed by atoms with van der Waals surface area (Å²) in [6.45, 7) is 0.622. The molecule has 0 saturated heterocycles. The number of benzene rings is 2. The van der Waals surface area contributed by atoms with Crippen molar-refractivity contribution in [1.29, 1.82) is 0 Å². The highest BCUT2D eigenvalue weighted by Crippen LogP contribution is 2.49. The van der Waals surface area contributed by atoms with Gasteiger partial charge in [0, 0.05) is 30.5 Å². The third kappa shape index (κ3) is 4.61. The van der Waals surface area contributed by atoms with Gasteiger partial charge in [-0.3, -0.25) is 9.59 Å². The fourth-order valence-corrected chi connectivity index (χ4v) is 2.97. The Balaban J connectivity index is 0.00000261. The summed E-state index contributed by atoms with van der Waals surface area (Å²) in [6, 6.07) is 10.2. The van der Waals surface area contributed by atoms with E-state index in [4.69, 9.17) is 5.73 Å². The van der Waals surface area contributed by atoms with Crippen LogP contribution in [0.3, 0.4) is 0 Å². The maximum atomic E-state index is 13.9. The monoisotopic (exact) mass is 395 g/mol. The van der Waals surface area contributed by atoms with E-state index in [0.717, 1.165) is 0 Å². The second kappa shape index (κ2) is 8.92. The van der Waals surface area contributed by atoms with Crippen molar-refractivity contribution in [2.24, 2.45) is 11.7 Å². The molecule has 1 saturated carbocycles. The van der Waals surface area contributed by atoms with Crippen LogP contribution in [0.15, 0.2) is 42.5 Å². The summed E-state index contributed by atoms with van der Waals surface area (Å²) in [7, 11) is 0. The van der Waals surface area contributed by atoms with Crippen molar-refractivity contribution in [2.45, 2.75) is 12.3 Å². The third-order valence-electron chi connectivity index (χ3n) is 4.36. The number of amides is 2. The number of nitrogens with one attached hydrogen (secondary N) is 2. The van der Waals surface area contributed by atoms with Gasteiger partial charge in [-0.1, -0.05) is 18.2 Å². The lowest BCUT2D eigenvalue weighted by molar-refractivity contribution is -0.117. The van der Waals surface area contributed by atoms with Gasteiger partial charge >= 0.3 is 0 Å². The van der Waals surface area contributed by atoms with Crippen LogP contribution in [-0.2, 0) is 4.79 Å². The SMILES string of the molecule is Cl.NCCNC(=O)c1ccccc1NC(=O)C1CC1c1c(F)cccc1F. The number of halogens is 3. The van der Waals surface area contributed by atoms with Crippen LogP contribution < -0.4 is 16.4 Å². The number of carbonyl (C=O) groups is 2. The smallest absolute Gasteiger partial charge is 0.253 e. The molecule has 1 fully saturated rings. The molecule has 2 aromatic carbocycles. The highest BCUT2D eigenvalue weighted by molar-refractivity contribution is 6.04. The van der Waals surface area contributed by atoms with E-state index in [1.165, 1.54) is 18.2 Å². The second-order valence-electron chi connectivity index (χ2n) is 6.16. The maximum Gasteiger partial charge on any atom is 0.253 e. The zero-order valence-corrected chi connectivity index (χ0v) is 15.2. The zero-order valence-electron chi connectivity index (χ0n) is 14.4. The molecule has 2 amide bonds. The van der Waals surface area contributed by atoms with Crippen LogP contribution in [0.5, 0.6) is 0 Å². The van der Waals surface area contributed by atoms with Crippen LogP contribution in [0.25, 0.3) is 0 Å². The summed E-state index contributed by atoms with van der Waals surface area (Å²) in [6.07, 6.45) is 0.366. The van der Waals surface area contributed by atoms with Crippen LogP contribution in [-0.4, -0.2) is 24.9 Å². The molecule has 2 aromatic rings. The predicted octanol–water partition coefficient (Wildman–Crippen LogP) is 2.82. The lowest BCUT2D eigenvalue weighted by Crippen LogP contribution is -2.30. The molecule has 144 valence electrons. The minimum Gasteiger partial charge on any atom is -0.351 e. The van der Waals surface area contributed by atoms with Gasteiger partial charge in [0.25, 0.3) is 5.91 Å². The Kier molecular flexibility index (Phi) is 6.87. The maximum absolute atomic E-state index is 13.9. The average Bonchev–Trinajstić information content (AvgIpc) is 3.40. The van der Waals surface area contributed by atoms with Crippen LogP contribution in [0, 0.1) is 17.6 Å². The van der Waals surface area contributed by atoms with Gasteiger partial charge < -0.3 is 16.4 Å². The molecule has 8 heteroatoms. The van der Waals surface area contributed by atoms with Gasteiger partial charge in [-0.15, -0.1) is 12.4 Å². The summed E-state index contributed by atoms with van der Waals surface area (Å²) in [5, 5.41) is 5.33. The highest BCUT2D eigenvalue weighted by atomic mass is 35.5. The summed E-state index contributed by atoms with van der Waals surface area (Å²) in [5.41, 5.74) is 5.98. The van der Waals surface area contributed by atoms with Crippen molar-refractivity contribution in [3.63, 3.8) is 0 Å². The lowest BCUT2D eigenvalue weighted by atomic mass is 10.1. The van der Waals surface area contributed by atoms with E-state index >= 15 is 0 Å².